The predicted octanol–water partition coefficient (Wildman–Crippen LogP) is 5.45. The van der Waals surface area contributed by atoms with E-state index in [1.165, 1.54) is 0 Å². The first-order valence-electron chi connectivity index (χ1n) is 18.1. The summed E-state index contributed by atoms with van der Waals surface area (Å²) in [5.74, 6) is -1.71. The summed E-state index contributed by atoms with van der Waals surface area (Å²) in [5, 5.41) is 10.7. The second-order valence-electron chi connectivity index (χ2n) is 13.9. The normalized spacial score (nSPS) is 24.2. The predicted molar refractivity (Wildman–Crippen MR) is 197 cm³/mol. The van der Waals surface area contributed by atoms with Crippen LogP contribution in [0.4, 0.5) is 17.1 Å². The molecule has 3 aliphatic heterocycles. The van der Waals surface area contributed by atoms with Crippen LogP contribution in [-0.2, 0) is 19.1 Å². The van der Waals surface area contributed by atoms with Gasteiger partial charge in [-0.2, -0.15) is 0 Å². The largest absolute Gasteiger partial charge is 0.494 e. The van der Waals surface area contributed by atoms with Crippen molar-refractivity contribution in [2.24, 2.45) is 17.8 Å². The molecule has 6 atom stereocenters. The van der Waals surface area contributed by atoms with Gasteiger partial charge in [-0.15, -0.1) is 13.2 Å². The van der Waals surface area contributed by atoms with Crippen LogP contribution in [0.25, 0.3) is 0 Å². The number of aliphatic hydroxyl groups is 1. The molecule has 5 rings (SSSR count). The maximum absolute atomic E-state index is 15.1. The highest BCUT2D eigenvalue weighted by Crippen LogP contribution is 2.59. The van der Waals surface area contributed by atoms with Gasteiger partial charge in [-0.05, 0) is 94.5 Å². The Bertz CT molecular complexity index is 1520. The van der Waals surface area contributed by atoms with Crippen molar-refractivity contribution in [1.29, 1.82) is 0 Å². The van der Waals surface area contributed by atoms with Gasteiger partial charge >= 0.3 is 0 Å². The molecule has 0 aromatic heterocycles. The monoisotopic (exact) mass is 686 g/mol. The first-order chi connectivity index (χ1) is 24.1. The smallest absolute Gasteiger partial charge is 0.253 e. The Morgan fingerprint density at radius 3 is 2.04 bits per heavy atom. The van der Waals surface area contributed by atoms with Crippen LogP contribution in [0.5, 0.6) is 5.75 Å². The maximum atomic E-state index is 15.1. The molecule has 3 fully saturated rings. The Morgan fingerprint density at radius 1 is 0.960 bits per heavy atom. The second kappa shape index (κ2) is 15.8. The number of amides is 3. The molecule has 0 radical (unpaired) electrons. The standard InChI is InChI=1S/C40H54N4O6/c1-8-23-42(30-17-19-32(20-18-30)49-12-5)37(46)34-33-21-22-40(50-33)35(34)38(47)44(31(26-45)25-27(6)7)36(40)39(48)43(24-9-2)29-15-13-28(14-16-29)41(10-3)11-4/h8-9,13-20,27,31,33-36,45H,1-2,10-12,21-26H2,3-7H3/t31-,33+,34-,35+,36?,40?/m1/s1. The van der Waals surface area contributed by atoms with Crippen LogP contribution in [0.2, 0.25) is 0 Å². The van der Waals surface area contributed by atoms with Crippen molar-refractivity contribution in [2.75, 3.05) is 54.1 Å². The molecule has 2 aromatic carbocycles. The van der Waals surface area contributed by atoms with Crippen LogP contribution in [0.1, 0.15) is 53.9 Å². The molecule has 3 saturated heterocycles. The fourth-order valence-corrected chi connectivity index (χ4v) is 8.42. The number of benzene rings is 2. The molecule has 270 valence electrons. The lowest BCUT2D eigenvalue weighted by molar-refractivity contribution is -0.144. The number of carbonyl (C=O) groups excluding carboxylic acids is 3. The average Bonchev–Trinajstić information content (AvgIpc) is 3.76. The zero-order valence-electron chi connectivity index (χ0n) is 30.3. The molecule has 50 heavy (non-hydrogen) atoms. The lowest BCUT2D eigenvalue weighted by atomic mass is 9.70. The fourth-order valence-electron chi connectivity index (χ4n) is 8.42. The summed E-state index contributed by atoms with van der Waals surface area (Å²) in [5.41, 5.74) is 1.16. The number of aliphatic hydroxyl groups excluding tert-OH is 1. The molecule has 0 aliphatic carbocycles. The molecule has 1 spiro atoms. The van der Waals surface area contributed by atoms with Crippen LogP contribution in [-0.4, -0.2) is 90.9 Å². The minimum atomic E-state index is -1.22. The van der Waals surface area contributed by atoms with E-state index >= 15 is 4.79 Å². The van der Waals surface area contributed by atoms with Gasteiger partial charge in [0.05, 0.1) is 37.2 Å². The van der Waals surface area contributed by atoms with E-state index in [1.807, 2.05) is 69.3 Å². The topological polar surface area (TPSA) is 103 Å². The van der Waals surface area contributed by atoms with Gasteiger partial charge in [-0.1, -0.05) is 26.0 Å². The van der Waals surface area contributed by atoms with Crippen molar-refractivity contribution in [1.82, 2.24) is 4.90 Å². The zero-order valence-corrected chi connectivity index (χ0v) is 30.3. The SMILES string of the molecule is C=CCN(C(=O)C1N([C@@H](CO)CC(C)C)C(=O)[C@@H]2[C@H](C(=O)N(CC=C)c3ccc(OCC)cc3)[C@@H]3CCC12O3)c1ccc(N(CC)CC)cc1. The second-order valence-corrected chi connectivity index (χ2v) is 13.9. The van der Waals surface area contributed by atoms with Crippen LogP contribution in [0.3, 0.4) is 0 Å². The number of ether oxygens (including phenoxy) is 2. The zero-order chi connectivity index (χ0) is 36.2. The van der Waals surface area contributed by atoms with Crippen molar-refractivity contribution in [2.45, 2.75) is 77.7 Å². The quantitative estimate of drug-likeness (QED) is 0.221. The highest BCUT2D eigenvalue weighted by Gasteiger charge is 2.75. The minimum Gasteiger partial charge on any atom is -0.494 e. The van der Waals surface area contributed by atoms with Crippen molar-refractivity contribution >= 4 is 34.8 Å². The molecule has 10 nitrogen and oxygen atoms in total. The summed E-state index contributed by atoms with van der Waals surface area (Å²) in [7, 11) is 0. The molecule has 3 amide bonds. The van der Waals surface area contributed by atoms with Crippen LogP contribution < -0.4 is 19.4 Å². The number of hydrogen-bond donors (Lipinski definition) is 1. The minimum absolute atomic E-state index is 0.142. The Hall–Kier alpha value is -4.15. The van der Waals surface area contributed by atoms with E-state index in [0.29, 0.717) is 43.0 Å². The third kappa shape index (κ3) is 6.67. The van der Waals surface area contributed by atoms with Crippen molar-refractivity contribution in [3.05, 3.63) is 73.8 Å². The highest BCUT2D eigenvalue weighted by molar-refractivity contribution is 6.06. The molecule has 2 bridgehead atoms. The van der Waals surface area contributed by atoms with Crippen LogP contribution in [0.15, 0.2) is 73.8 Å². The Morgan fingerprint density at radius 2 is 1.52 bits per heavy atom. The molecular formula is C40H54N4O6. The molecule has 1 N–H and O–H groups in total. The molecule has 10 heteroatoms. The van der Waals surface area contributed by atoms with Crippen LogP contribution >= 0.6 is 0 Å². The first-order valence-corrected chi connectivity index (χ1v) is 18.1. The fraction of sp³-hybridized carbons (Fsp3) is 0.525. The molecular weight excluding hydrogens is 632 g/mol. The van der Waals surface area contributed by atoms with E-state index in [2.05, 4.69) is 31.9 Å². The van der Waals surface area contributed by atoms with E-state index in [1.54, 1.807) is 26.9 Å². The van der Waals surface area contributed by atoms with Crippen molar-refractivity contribution < 1.29 is 29.0 Å². The van der Waals surface area contributed by atoms with Gasteiger partial charge in [0.25, 0.3) is 5.91 Å². The molecule has 3 heterocycles. The Kier molecular flexibility index (Phi) is 11.7. The van der Waals surface area contributed by atoms with Crippen molar-refractivity contribution in [3.63, 3.8) is 0 Å². The number of anilines is 3. The van der Waals surface area contributed by atoms with E-state index in [0.717, 1.165) is 18.8 Å². The number of nitrogens with zero attached hydrogens (tertiary/aromatic N) is 4. The third-order valence-electron chi connectivity index (χ3n) is 10.5. The Labute approximate surface area is 297 Å². The maximum Gasteiger partial charge on any atom is 0.253 e. The number of fused-ring (bicyclic) bond motifs is 1. The summed E-state index contributed by atoms with van der Waals surface area (Å²) in [6.45, 7) is 20.4. The molecule has 0 saturated carbocycles. The van der Waals surface area contributed by atoms with Crippen LogP contribution in [0, 0.1) is 17.8 Å². The van der Waals surface area contributed by atoms with Gasteiger partial charge < -0.3 is 34.2 Å². The van der Waals surface area contributed by atoms with Gasteiger partial charge in [0.2, 0.25) is 11.8 Å². The third-order valence-corrected chi connectivity index (χ3v) is 10.5. The Balaban J connectivity index is 1.56. The van der Waals surface area contributed by atoms with Gasteiger partial charge in [0, 0.05) is 43.2 Å². The van der Waals surface area contributed by atoms with E-state index < -0.39 is 35.6 Å². The molecule has 3 aliphatic rings. The lowest BCUT2D eigenvalue weighted by Crippen LogP contribution is -2.59. The number of rotatable bonds is 17. The van der Waals surface area contributed by atoms with Gasteiger partial charge in [0.1, 0.15) is 17.4 Å². The number of likely N-dealkylation sites (tertiary alicyclic amines) is 1. The summed E-state index contributed by atoms with van der Waals surface area (Å²) in [6.07, 6.45) is 4.30. The molecule has 2 aromatic rings. The number of hydrogen-bond acceptors (Lipinski definition) is 7. The summed E-state index contributed by atoms with van der Waals surface area (Å²) < 4.78 is 12.4. The first kappa shape index (κ1) is 37.1. The molecule has 2 unspecified atom stereocenters. The number of carbonyl (C=O) groups is 3. The van der Waals surface area contributed by atoms with Gasteiger partial charge in [-0.3, -0.25) is 14.4 Å². The lowest BCUT2D eigenvalue weighted by Gasteiger charge is -2.39. The average molecular weight is 687 g/mol. The summed E-state index contributed by atoms with van der Waals surface area (Å²) in [6, 6.07) is 13.5. The van der Waals surface area contributed by atoms with E-state index in [9.17, 15) is 14.7 Å². The highest BCUT2D eigenvalue weighted by atomic mass is 16.5. The summed E-state index contributed by atoms with van der Waals surface area (Å²) >= 11 is 0. The summed E-state index contributed by atoms with van der Waals surface area (Å²) in [4.78, 5) is 51.7. The van der Waals surface area contributed by atoms with Gasteiger partial charge in [-0.25, -0.2) is 0 Å². The van der Waals surface area contributed by atoms with Crippen molar-refractivity contribution in [3.8, 4) is 5.75 Å². The van der Waals surface area contributed by atoms with Gasteiger partial charge in [0.15, 0.2) is 0 Å². The van der Waals surface area contributed by atoms with E-state index in [4.69, 9.17) is 9.47 Å². The van der Waals surface area contributed by atoms with E-state index in [-0.39, 0.29) is 43.3 Å².